The number of fused-ring (bicyclic) bond motifs is 1. The number of rotatable bonds is 0. The van der Waals surface area contributed by atoms with Gasteiger partial charge >= 0.3 is 0 Å². The second-order valence-electron chi connectivity index (χ2n) is 9.22. The van der Waals surface area contributed by atoms with E-state index in [9.17, 15) is 5.11 Å². The Morgan fingerprint density at radius 3 is 2.26 bits per heavy atom. The van der Waals surface area contributed by atoms with Crippen LogP contribution in [-0.2, 0) is 10.8 Å². The van der Waals surface area contributed by atoms with Crippen LogP contribution in [0.15, 0.2) is 36.5 Å². The SMILES string of the molecule is Cc1cc(C(C)(C)C)cc(C(C)(C)C)c1O.N=C1CC=Cc2cccnc21. The lowest BCUT2D eigenvalue weighted by molar-refractivity contribution is 0.440. The largest absolute Gasteiger partial charge is 0.507 e. The second-order valence-corrected chi connectivity index (χ2v) is 9.22. The fourth-order valence-corrected chi connectivity index (χ4v) is 2.99. The minimum atomic E-state index is -0.0178. The smallest absolute Gasteiger partial charge is 0.122 e. The van der Waals surface area contributed by atoms with Crippen LogP contribution >= 0.6 is 0 Å². The molecule has 1 heterocycles. The van der Waals surface area contributed by atoms with Crippen LogP contribution in [0.25, 0.3) is 6.08 Å². The summed E-state index contributed by atoms with van der Waals surface area (Å²) in [5.41, 5.74) is 5.90. The molecular formula is C24H32N2O. The molecule has 3 nitrogen and oxygen atoms in total. The molecule has 0 saturated heterocycles. The van der Waals surface area contributed by atoms with Crippen LogP contribution in [0.1, 0.15) is 75.9 Å². The number of phenols is 1. The van der Waals surface area contributed by atoms with Crippen molar-refractivity contribution in [2.45, 2.75) is 65.7 Å². The predicted octanol–water partition coefficient (Wildman–Crippen LogP) is 6.16. The Kier molecular flexibility index (Phi) is 5.94. The van der Waals surface area contributed by atoms with E-state index in [0.29, 0.717) is 17.9 Å². The third-order valence-electron chi connectivity index (χ3n) is 4.72. The molecule has 2 aromatic rings. The average molecular weight is 365 g/mol. The van der Waals surface area contributed by atoms with Crippen molar-refractivity contribution in [1.82, 2.24) is 4.98 Å². The standard InChI is InChI=1S/C15H24O.C9H8N2/c1-10-8-11(14(2,3)4)9-12(13(10)16)15(5,6)7;10-8-5-1-3-7-4-2-6-11-9(7)8/h8-9,16H,1-7H3;1-4,6,10H,5H2. The van der Waals surface area contributed by atoms with E-state index in [0.717, 1.165) is 22.4 Å². The van der Waals surface area contributed by atoms with Gasteiger partial charge in [-0.05, 0) is 40.5 Å². The lowest BCUT2D eigenvalue weighted by Crippen LogP contribution is -2.17. The number of hydrogen-bond donors (Lipinski definition) is 2. The van der Waals surface area contributed by atoms with Crippen LogP contribution < -0.4 is 0 Å². The minimum absolute atomic E-state index is 0.0178. The van der Waals surface area contributed by atoms with E-state index in [-0.39, 0.29) is 10.8 Å². The highest BCUT2D eigenvalue weighted by atomic mass is 16.3. The summed E-state index contributed by atoms with van der Waals surface area (Å²) in [5.74, 6) is 0.445. The zero-order valence-electron chi connectivity index (χ0n) is 17.6. The van der Waals surface area contributed by atoms with E-state index in [1.807, 2.05) is 31.2 Å². The summed E-state index contributed by atoms with van der Waals surface area (Å²) in [6, 6.07) is 8.10. The van der Waals surface area contributed by atoms with E-state index in [2.05, 4.69) is 58.7 Å². The molecule has 144 valence electrons. The molecule has 2 N–H and O–H groups in total. The normalized spacial score (nSPS) is 13.7. The predicted molar refractivity (Wildman–Crippen MR) is 115 cm³/mol. The van der Waals surface area contributed by atoms with E-state index < -0.39 is 0 Å². The fraction of sp³-hybridized carbons (Fsp3) is 0.417. The summed E-state index contributed by atoms with van der Waals surface area (Å²) in [6.45, 7) is 15.0. The van der Waals surface area contributed by atoms with Gasteiger partial charge in [0.15, 0.2) is 0 Å². The first-order chi connectivity index (χ1) is 12.4. The van der Waals surface area contributed by atoms with Crippen molar-refractivity contribution < 1.29 is 5.11 Å². The zero-order valence-corrected chi connectivity index (χ0v) is 17.6. The van der Waals surface area contributed by atoms with E-state index >= 15 is 0 Å². The molecule has 0 atom stereocenters. The second kappa shape index (κ2) is 7.67. The maximum absolute atomic E-state index is 10.1. The van der Waals surface area contributed by atoms with Gasteiger partial charge in [-0.2, -0.15) is 0 Å². The summed E-state index contributed by atoms with van der Waals surface area (Å²) in [6.07, 6.45) is 6.45. The van der Waals surface area contributed by atoms with Crippen molar-refractivity contribution >= 4 is 11.8 Å². The first kappa shape index (κ1) is 20.9. The number of phenolic OH excluding ortho intramolecular Hbond substituents is 1. The molecule has 0 radical (unpaired) electrons. The molecule has 0 spiro atoms. The van der Waals surface area contributed by atoms with Crippen molar-refractivity contribution in [1.29, 1.82) is 5.41 Å². The molecular weight excluding hydrogens is 332 g/mol. The molecule has 0 amide bonds. The van der Waals surface area contributed by atoms with Crippen LogP contribution in [0.3, 0.4) is 0 Å². The van der Waals surface area contributed by atoms with Gasteiger partial charge in [0.1, 0.15) is 5.75 Å². The monoisotopic (exact) mass is 364 g/mol. The van der Waals surface area contributed by atoms with Gasteiger partial charge in [0.2, 0.25) is 0 Å². The summed E-state index contributed by atoms with van der Waals surface area (Å²) in [5, 5.41) is 17.7. The third-order valence-corrected chi connectivity index (χ3v) is 4.72. The summed E-state index contributed by atoms with van der Waals surface area (Å²) in [4.78, 5) is 4.12. The number of benzene rings is 1. The molecule has 27 heavy (non-hydrogen) atoms. The fourth-order valence-electron chi connectivity index (χ4n) is 2.99. The number of nitrogens with one attached hydrogen (secondary N) is 1. The first-order valence-corrected chi connectivity index (χ1v) is 9.45. The summed E-state index contributed by atoms with van der Waals surface area (Å²) in [7, 11) is 0. The Bertz CT molecular complexity index is 865. The van der Waals surface area contributed by atoms with Crippen LogP contribution in [0.5, 0.6) is 5.75 Å². The van der Waals surface area contributed by atoms with Gasteiger partial charge in [0, 0.05) is 18.2 Å². The van der Waals surface area contributed by atoms with Gasteiger partial charge in [-0.1, -0.05) is 71.9 Å². The molecule has 1 aromatic carbocycles. The van der Waals surface area contributed by atoms with Crippen LogP contribution in [0.4, 0.5) is 0 Å². The number of allylic oxidation sites excluding steroid dienone is 1. The molecule has 0 fully saturated rings. The average Bonchev–Trinajstić information content (AvgIpc) is 2.56. The number of nitrogens with zero attached hydrogens (tertiary/aromatic N) is 1. The van der Waals surface area contributed by atoms with Gasteiger partial charge < -0.3 is 10.5 Å². The zero-order chi connectivity index (χ0) is 20.4. The Labute approximate surface area is 163 Å². The number of hydrogen-bond acceptors (Lipinski definition) is 3. The third kappa shape index (κ3) is 5.06. The number of pyridine rings is 1. The molecule has 1 aliphatic rings. The van der Waals surface area contributed by atoms with E-state index in [1.165, 1.54) is 5.56 Å². The molecule has 3 heteroatoms. The topological polar surface area (TPSA) is 57.0 Å². The quantitative estimate of drug-likeness (QED) is 0.588. The molecule has 3 rings (SSSR count). The van der Waals surface area contributed by atoms with Crippen LogP contribution in [0, 0.1) is 12.3 Å². The lowest BCUT2D eigenvalue weighted by atomic mass is 9.79. The van der Waals surface area contributed by atoms with E-state index in [1.54, 1.807) is 6.20 Å². The van der Waals surface area contributed by atoms with Crippen molar-refractivity contribution in [3.05, 3.63) is 64.5 Å². The van der Waals surface area contributed by atoms with Crippen molar-refractivity contribution in [3.63, 3.8) is 0 Å². The molecule has 0 saturated carbocycles. The lowest BCUT2D eigenvalue weighted by Gasteiger charge is -2.26. The first-order valence-electron chi connectivity index (χ1n) is 9.45. The van der Waals surface area contributed by atoms with E-state index in [4.69, 9.17) is 5.41 Å². The highest BCUT2D eigenvalue weighted by Crippen LogP contribution is 2.37. The molecule has 1 aromatic heterocycles. The van der Waals surface area contributed by atoms with Crippen molar-refractivity contribution in [3.8, 4) is 5.75 Å². The Hall–Kier alpha value is -2.42. The highest BCUT2D eigenvalue weighted by Gasteiger charge is 2.23. The minimum Gasteiger partial charge on any atom is -0.507 e. The molecule has 0 bridgehead atoms. The van der Waals surface area contributed by atoms with Crippen molar-refractivity contribution in [2.75, 3.05) is 0 Å². The Morgan fingerprint density at radius 1 is 1.04 bits per heavy atom. The van der Waals surface area contributed by atoms with Gasteiger partial charge in [0.25, 0.3) is 0 Å². The Morgan fingerprint density at radius 2 is 1.70 bits per heavy atom. The number of aromatic hydroxyl groups is 1. The summed E-state index contributed by atoms with van der Waals surface area (Å²) < 4.78 is 0. The van der Waals surface area contributed by atoms with Gasteiger partial charge in [0.05, 0.1) is 11.4 Å². The summed E-state index contributed by atoms with van der Waals surface area (Å²) >= 11 is 0. The molecule has 1 aliphatic carbocycles. The van der Waals surface area contributed by atoms with Crippen LogP contribution in [0.2, 0.25) is 0 Å². The number of aryl methyl sites for hydroxylation is 1. The van der Waals surface area contributed by atoms with Crippen LogP contribution in [-0.4, -0.2) is 15.8 Å². The maximum Gasteiger partial charge on any atom is 0.122 e. The molecule has 0 unspecified atom stereocenters. The Balaban J connectivity index is 0.000000206. The highest BCUT2D eigenvalue weighted by molar-refractivity contribution is 6.02. The van der Waals surface area contributed by atoms with Crippen molar-refractivity contribution in [2.24, 2.45) is 0 Å². The maximum atomic E-state index is 10.1. The van der Waals surface area contributed by atoms with Gasteiger partial charge in [-0.3, -0.25) is 4.98 Å². The molecule has 0 aliphatic heterocycles. The number of aromatic nitrogens is 1. The van der Waals surface area contributed by atoms with Gasteiger partial charge in [-0.25, -0.2) is 0 Å². The van der Waals surface area contributed by atoms with Gasteiger partial charge in [-0.15, -0.1) is 0 Å².